The van der Waals surface area contributed by atoms with Crippen LogP contribution in [0.1, 0.15) is 43.9 Å². The van der Waals surface area contributed by atoms with Crippen molar-refractivity contribution < 1.29 is 22.4 Å². The lowest BCUT2D eigenvalue weighted by molar-refractivity contribution is -0.139. The molecule has 0 heterocycles. The van der Waals surface area contributed by atoms with Gasteiger partial charge in [0, 0.05) is 18.2 Å². The molecule has 3 aromatic rings. The third-order valence-electron chi connectivity index (χ3n) is 6.64. The standard InChI is InChI=1S/C30H36FN3O4S/c1-6-23(4)32-30(36)24(5)33(19-25-11-7-8-13-28(25)31)29(35)20-34(26-12-9-10-22(3)18-26)39(37,38)27-16-14-21(2)15-17-27/h7-18,23-24H,6,19-20H2,1-5H3,(H,32,36)/t23-,24+/m1/s1. The van der Waals surface area contributed by atoms with Crippen LogP contribution in [0.2, 0.25) is 0 Å². The molecular formula is C30H36FN3O4S. The van der Waals surface area contributed by atoms with Crippen molar-refractivity contribution in [2.24, 2.45) is 0 Å². The van der Waals surface area contributed by atoms with Crippen molar-refractivity contribution in [3.8, 4) is 0 Å². The van der Waals surface area contributed by atoms with Crippen molar-refractivity contribution in [2.45, 2.75) is 64.6 Å². The number of nitrogens with zero attached hydrogens (tertiary/aromatic N) is 2. The molecule has 0 bridgehead atoms. The van der Waals surface area contributed by atoms with Crippen LogP contribution in [0.4, 0.5) is 10.1 Å². The Bertz CT molecular complexity index is 1410. The molecule has 2 atom stereocenters. The van der Waals surface area contributed by atoms with Crippen molar-refractivity contribution in [3.05, 3.63) is 95.3 Å². The number of benzene rings is 3. The van der Waals surface area contributed by atoms with Gasteiger partial charge >= 0.3 is 0 Å². The number of aryl methyl sites for hydroxylation is 2. The highest BCUT2D eigenvalue weighted by Gasteiger charge is 2.33. The normalized spacial score (nSPS) is 12.9. The molecule has 2 amide bonds. The molecule has 0 spiro atoms. The molecule has 0 radical (unpaired) electrons. The largest absolute Gasteiger partial charge is 0.352 e. The predicted molar refractivity (Wildman–Crippen MR) is 151 cm³/mol. The first-order valence-electron chi connectivity index (χ1n) is 12.9. The van der Waals surface area contributed by atoms with Gasteiger partial charge in [-0.15, -0.1) is 0 Å². The van der Waals surface area contributed by atoms with Crippen LogP contribution in [-0.2, 0) is 26.2 Å². The van der Waals surface area contributed by atoms with Crippen LogP contribution < -0.4 is 9.62 Å². The number of halogens is 1. The summed E-state index contributed by atoms with van der Waals surface area (Å²) in [7, 11) is -4.15. The van der Waals surface area contributed by atoms with Gasteiger partial charge in [-0.1, -0.05) is 55.0 Å². The Kier molecular flexibility index (Phi) is 9.86. The SMILES string of the molecule is CC[C@@H](C)NC(=O)[C@H](C)N(Cc1ccccc1F)C(=O)CN(c1cccc(C)c1)S(=O)(=O)c1ccc(C)cc1. The molecule has 9 heteroatoms. The number of carbonyl (C=O) groups excluding carboxylic acids is 2. The maximum Gasteiger partial charge on any atom is 0.264 e. The van der Waals surface area contributed by atoms with Crippen molar-refractivity contribution >= 4 is 27.5 Å². The Hall–Kier alpha value is -3.72. The van der Waals surface area contributed by atoms with E-state index in [0.29, 0.717) is 12.1 Å². The van der Waals surface area contributed by atoms with Crippen LogP contribution in [0.25, 0.3) is 0 Å². The summed E-state index contributed by atoms with van der Waals surface area (Å²) < 4.78 is 43.3. The van der Waals surface area contributed by atoms with E-state index in [0.717, 1.165) is 15.4 Å². The summed E-state index contributed by atoms with van der Waals surface area (Å²) in [6.45, 7) is 8.23. The second-order valence-corrected chi connectivity index (χ2v) is 11.6. The van der Waals surface area contributed by atoms with Gasteiger partial charge in [-0.05, 0) is 70.0 Å². The molecule has 0 unspecified atom stereocenters. The zero-order valence-corrected chi connectivity index (χ0v) is 23.8. The first-order chi connectivity index (χ1) is 18.4. The van der Waals surface area contributed by atoms with Crippen LogP contribution in [0.15, 0.2) is 77.7 Å². The average Bonchev–Trinajstić information content (AvgIpc) is 2.90. The van der Waals surface area contributed by atoms with Gasteiger partial charge < -0.3 is 10.2 Å². The minimum absolute atomic E-state index is 0.0330. The fourth-order valence-corrected chi connectivity index (χ4v) is 5.41. The maximum absolute atomic E-state index is 14.6. The molecule has 3 rings (SSSR count). The summed E-state index contributed by atoms with van der Waals surface area (Å²) in [5.41, 5.74) is 2.24. The van der Waals surface area contributed by atoms with Gasteiger partial charge in [0.1, 0.15) is 18.4 Å². The quantitative estimate of drug-likeness (QED) is 0.363. The summed E-state index contributed by atoms with van der Waals surface area (Å²) in [6, 6.07) is 18.1. The Morgan fingerprint density at radius 2 is 1.59 bits per heavy atom. The number of rotatable bonds is 11. The number of nitrogens with one attached hydrogen (secondary N) is 1. The molecule has 0 aromatic heterocycles. The second-order valence-electron chi connectivity index (χ2n) is 9.77. The monoisotopic (exact) mass is 553 g/mol. The lowest BCUT2D eigenvalue weighted by atomic mass is 10.1. The molecule has 1 N–H and O–H groups in total. The Balaban J connectivity index is 2.04. The molecule has 0 saturated heterocycles. The van der Waals surface area contributed by atoms with Crippen LogP contribution >= 0.6 is 0 Å². The Labute approximate surface area is 230 Å². The number of amides is 2. The van der Waals surface area contributed by atoms with Crippen molar-refractivity contribution in [1.82, 2.24) is 10.2 Å². The molecular weight excluding hydrogens is 517 g/mol. The highest BCUT2D eigenvalue weighted by Crippen LogP contribution is 2.26. The first-order valence-corrected chi connectivity index (χ1v) is 14.4. The average molecular weight is 554 g/mol. The van der Waals surface area contributed by atoms with Gasteiger partial charge in [-0.25, -0.2) is 12.8 Å². The van der Waals surface area contributed by atoms with E-state index < -0.39 is 40.2 Å². The molecule has 0 aliphatic heterocycles. The third kappa shape index (κ3) is 7.44. The van der Waals surface area contributed by atoms with Crippen molar-refractivity contribution in [1.29, 1.82) is 0 Å². The number of anilines is 1. The minimum Gasteiger partial charge on any atom is -0.352 e. The number of sulfonamides is 1. The lowest BCUT2D eigenvalue weighted by Gasteiger charge is -2.32. The third-order valence-corrected chi connectivity index (χ3v) is 8.43. The van der Waals surface area contributed by atoms with Crippen LogP contribution in [0, 0.1) is 19.7 Å². The van der Waals surface area contributed by atoms with Gasteiger partial charge in [0.2, 0.25) is 11.8 Å². The van der Waals surface area contributed by atoms with Crippen molar-refractivity contribution in [2.75, 3.05) is 10.8 Å². The van der Waals surface area contributed by atoms with E-state index in [4.69, 9.17) is 0 Å². The predicted octanol–water partition coefficient (Wildman–Crippen LogP) is 4.97. The zero-order valence-electron chi connectivity index (χ0n) is 23.0. The summed E-state index contributed by atoms with van der Waals surface area (Å²) in [5.74, 6) is -1.56. The Morgan fingerprint density at radius 3 is 2.21 bits per heavy atom. The maximum atomic E-state index is 14.6. The molecule has 0 aliphatic carbocycles. The second kappa shape index (κ2) is 12.9. The number of hydrogen-bond donors (Lipinski definition) is 1. The van der Waals surface area contributed by atoms with Gasteiger partial charge in [-0.2, -0.15) is 0 Å². The van der Waals surface area contributed by atoms with Gasteiger partial charge in [0.05, 0.1) is 10.6 Å². The molecule has 0 saturated carbocycles. The fraction of sp³-hybridized carbons (Fsp3) is 0.333. The molecule has 0 aliphatic rings. The highest BCUT2D eigenvalue weighted by molar-refractivity contribution is 7.92. The molecule has 208 valence electrons. The van der Waals surface area contributed by atoms with E-state index in [-0.39, 0.29) is 23.0 Å². The van der Waals surface area contributed by atoms with Crippen molar-refractivity contribution in [3.63, 3.8) is 0 Å². The van der Waals surface area contributed by atoms with E-state index in [1.54, 1.807) is 43.3 Å². The smallest absolute Gasteiger partial charge is 0.264 e. The highest BCUT2D eigenvalue weighted by atomic mass is 32.2. The summed E-state index contributed by atoms with van der Waals surface area (Å²) in [5, 5.41) is 2.86. The first kappa shape index (κ1) is 29.8. The fourth-order valence-electron chi connectivity index (χ4n) is 4.01. The van der Waals surface area contributed by atoms with Gasteiger partial charge in [0.15, 0.2) is 0 Å². The molecule has 7 nitrogen and oxygen atoms in total. The number of carbonyl (C=O) groups is 2. The van der Waals surface area contributed by atoms with E-state index in [2.05, 4.69) is 5.32 Å². The van der Waals surface area contributed by atoms with Gasteiger partial charge in [0.25, 0.3) is 10.0 Å². The molecule has 3 aromatic carbocycles. The summed E-state index contributed by atoms with van der Waals surface area (Å²) in [4.78, 5) is 28.2. The van der Waals surface area contributed by atoms with Crippen LogP contribution in [0.5, 0.6) is 0 Å². The van der Waals surface area contributed by atoms with Crippen LogP contribution in [0.3, 0.4) is 0 Å². The zero-order chi connectivity index (χ0) is 28.7. The van der Waals surface area contributed by atoms with E-state index >= 15 is 0 Å². The number of hydrogen-bond acceptors (Lipinski definition) is 4. The van der Waals surface area contributed by atoms with E-state index in [9.17, 15) is 22.4 Å². The summed E-state index contributed by atoms with van der Waals surface area (Å²) >= 11 is 0. The lowest BCUT2D eigenvalue weighted by Crippen LogP contribution is -2.52. The Morgan fingerprint density at radius 1 is 0.923 bits per heavy atom. The molecule has 39 heavy (non-hydrogen) atoms. The summed E-state index contributed by atoms with van der Waals surface area (Å²) in [6.07, 6.45) is 0.690. The van der Waals surface area contributed by atoms with Crippen LogP contribution in [-0.4, -0.2) is 43.8 Å². The van der Waals surface area contributed by atoms with E-state index in [1.807, 2.05) is 33.8 Å². The topological polar surface area (TPSA) is 86.8 Å². The van der Waals surface area contributed by atoms with E-state index in [1.165, 1.54) is 35.2 Å². The molecule has 0 fully saturated rings. The van der Waals surface area contributed by atoms with Gasteiger partial charge in [-0.3, -0.25) is 13.9 Å². The minimum atomic E-state index is -4.15.